The van der Waals surface area contributed by atoms with Gasteiger partial charge in [-0.1, -0.05) is 11.6 Å². The summed E-state index contributed by atoms with van der Waals surface area (Å²) in [5.74, 6) is -2.21. The maximum Gasteiger partial charge on any atom is 0.241 e. The van der Waals surface area contributed by atoms with Gasteiger partial charge in [-0.15, -0.1) is 0 Å². The van der Waals surface area contributed by atoms with Gasteiger partial charge in [0.2, 0.25) is 10.0 Å². The molecule has 7 heteroatoms. The van der Waals surface area contributed by atoms with Crippen molar-refractivity contribution in [1.82, 2.24) is 0 Å². The lowest BCUT2D eigenvalue weighted by atomic mass is 10.3. The second-order valence-electron chi connectivity index (χ2n) is 2.24. The highest BCUT2D eigenvalue weighted by molar-refractivity contribution is 7.89. The summed E-state index contributed by atoms with van der Waals surface area (Å²) in [6.07, 6.45) is 0. The number of benzene rings is 1. The summed E-state index contributed by atoms with van der Waals surface area (Å²) in [5, 5.41) is 4.10. The fourth-order valence-corrected chi connectivity index (χ4v) is 1.47. The molecule has 1 rings (SSSR count). The number of primary sulfonamides is 1. The summed E-state index contributed by atoms with van der Waals surface area (Å²) < 4.78 is 46.8. The van der Waals surface area contributed by atoms with E-state index < -0.39 is 31.6 Å². The molecule has 0 aliphatic heterocycles. The molecule has 0 atom stereocenters. The van der Waals surface area contributed by atoms with E-state index in [-0.39, 0.29) is 0 Å². The third-order valence-electron chi connectivity index (χ3n) is 1.28. The van der Waals surface area contributed by atoms with Gasteiger partial charge in [-0.3, -0.25) is 0 Å². The Morgan fingerprint density at radius 1 is 1.23 bits per heavy atom. The van der Waals surface area contributed by atoms with Crippen LogP contribution in [0, 0.1) is 11.6 Å². The fraction of sp³-hybridized carbons (Fsp3) is 0. The van der Waals surface area contributed by atoms with Crippen molar-refractivity contribution in [3.8, 4) is 0 Å². The molecule has 3 nitrogen and oxygen atoms in total. The Morgan fingerprint density at radius 2 is 1.77 bits per heavy atom. The van der Waals surface area contributed by atoms with Gasteiger partial charge >= 0.3 is 0 Å². The van der Waals surface area contributed by atoms with Crippen LogP contribution in [0.25, 0.3) is 0 Å². The van der Waals surface area contributed by atoms with Crippen LogP contribution in [0.15, 0.2) is 17.0 Å². The van der Waals surface area contributed by atoms with Crippen molar-refractivity contribution in [2.75, 3.05) is 0 Å². The smallest absolute Gasteiger partial charge is 0.225 e. The molecule has 0 amide bonds. The van der Waals surface area contributed by atoms with E-state index in [1.54, 1.807) is 0 Å². The van der Waals surface area contributed by atoms with Gasteiger partial charge in [0, 0.05) is 0 Å². The lowest BCUT2D eigenvalue weighted by molar-refractivity contribution is 0.554. The highest BCUT2D eigenvalue weighted by Crippen LogP contribution is 2.21. The fourth-order valence-electron chi connectivity index (χ4n) is 0.722. The topological polar surface area (TPSA) is 60.2 Å². The van der Waals surface area contributed by atoms with Crippen molar-refractivity contribution in [2.24, 2.45) is 5.14 Å². The first-order valence-electron chi connectivity index (χ1n) is 2.99. The molecule has 0 radical (unpaired) electrons. The van der Waals surface area contributed by atoms with Gasteiger partial charge in [0.1, 0.15) is 16.5 Å². The predicted molar refractivity (Wildman–Crippen MR) is 42.7 cm³/mol. The van der Waals surface area contributed by atoms with Crippen molar-refractivity contribution in [3.63, 3.8) is 0 Å². The van der Waals surface area contributed by atoms with Crippen LogP contribution < -0.4 is 5.14 Å². The van der Waals surface area contributed by atoms with Crippen LogP contribution in [-0.2, 0) is 10.0 Å². The van der Waals surface area contributed by atoms with Gasteiger partial charge in [-0.25, -0.2) is 22.3 Å². The highest BCUT2D eigenvalue weighted by Gasteiger charge is 2.17. The Kier molecular flexibility index (Phi) is 2.56. The molecule has 0 saturated heterocycles. The molecule has 0 aliphatic rings. The van der Waals surface area contributed by atoms with Crippen LogP contribution >= 0.6 is 11.6 Å². The molecular weight excluding hydrogens is 224 g/mol. The molecule has 0 heterocycles. The number of hydrogen-bond donors (Lipinski definition) is 1. The first-order valence-corrected chi connectivity index (χ1v) is 4.92. The lowest BCUT2D eigenvalue weighted by Crippen LogP contribution is -2.14. The molecule has 1 aromatic carbocycles. The first kappa shape index (κ1) is 10.4. The van der Waals surface area contributed by atoms with Crippen molar-refractivity contribution in [1.29, 1.82) is 0 Å². The van der Waals surface area contributed by atoms with E-state index in [2.05, 4.69) is 5.14 Å². The molecule has 0 aromatic heterocycles. The number of hydrogen-bond acceptors (Lipinski definition) is 2. The van der Waals surface area contributed by atoms with E-state index in [0.29, 0.717) is 12.1 Å². The van der Waals surface area contributed by atoms with Gasteiger partial charge in [-0.2, -0.15) is 0 Å². The van der Waals surface area contributed by atoms with Crippen LogP contribution in [0.1, 0.15) is 0 Å². The van der Waals surface area contributed by atoms with E-state index in [0.717, 1.165) is 0 Å². The van der Waals surface area contributed by atoms with Gasteiger partial charge in [0.05, 0.1) is 5.02 Å². The molecule has 2 N–H and O–H groups in total. The minimum atomic E-state index is -4.25. The molecule has 1 aromatic rings. The van der Waals surface area contributed by atoms with Gasteiger partial charge in [0.15, 0.2) is 0 Å². The standard InChI is InChI=1S/C6H4ClF2NO2S/c7-3-1-5(9)6(2-4(3)8)13(10,11)12/h1-2H,(H2,10,11,12). The minimum Gasteiger partial charge on any atom is -0.225 e. The van der Waals surface area contributed by atoms with Crippen LogP contribution in [0.2, 0.25) is 5.02 Å². The summed E-state index contributed by atoms with van der Waals surface area (Å²) in [4.78, 5) is -0.908. The minimum absolute atomic E-state index is 0.438. The molecule has 0 fully saturated rings. The van der Waals surface area contributed by atoms with Gasteiger partial charge in [-0.05, 0) is 12.1 Å². The molecule has 0 aliphatic carbocycles. The summed E-state index contributed by atoms with van der Waals surface area (Å²) in [6, 6.07) is 0.990. The Labute approximate surface area is 78.2 Å². The molecule has 72 valence electrons. The molecule has 0 saturated carbocycles. The van der Waals surface area contributed by atoms with Crippen molar-refractivity contribution in [3.05, 3.63) is 28.8 Å². The summed E-state index contributed by atoms with van der Waals surface area (Å²) in [6.45, 7) is 0. The Hall–Kier alpha value is -0.720. The van der Waals surface area contributed by atoms with E-state index >= 15 is 0 Å². The molecule has 0 spiro atoms. The SMILES string of the molecule is NS(=O)(=O)c1cc(F)c(Cl)cc1F. The van der Waals surface area contributed by atoms with Crippen LogP contribution in [0.5, 0.6) is 0 Å². The average Bonchev–Trinajstić information content (AvgIpc) is 1.94. The monoisotopic (exact) mass is 227 g/mol. The number of halogens is 3. The second kappa shape index (κ2) is 3.21. The third kappa shape index (κ3) is 2.15. The zero-order valence-electron chi connectivity index (χ0n) is 6.09. The average molecular weight is 228 g/mol. The maximum absolute atomic E-state index is 12.8. The number of sulfonamides is 1. The van der Waals surface area contributed by atoms with Crippen molar-refractivity contribution in [2.45, 2.75) is 4.90 Å². The maximum atomic E-state index is 12.8. The molecule has 0 bridgehead atoms. The first-order chi connectivity index (χ1) is 5.82. The predicted octanol–water partition coefficient (Wildman–Crippen LogP) is 1.27. The van der Waals surface area contributed by atoms with Crippen molar-refractivity contribution < 1.29 is 17.2 Å². The number of nitrogens with two attached hydrogens (primary N) is 1. The zero-order chi connectivity index (χ0) is 10.2. The summed E-state index contributed by atoms with van der Waals surface area (Å²) >= 11 is 5.19. The van der Waals surface area contributed by atoms with E-state index in [1.165, 1.54) is 0 Å². The lowest BCUT2D eigenvalue weighted by Gasteiger charge is -2.01. The zero-order valence-corrected chi connectivity index (χ0v) is 7.66. The Morgan fingerprint density at radius 3 is 2.23 bits per heavy atom. The quantitative estimate of drug-likeness (QED) is 0.735. The third-order valence-corrected chi connectivity index (χ3v) is 2.50. The Balaban J connectivity index is 3.50. The second-order valence-corrected chi connectivity index (χ2v) is 4.18. The normalized spacial score (nSPS) is 11.7. The van der Waals surface area contributed by atoms with Gasteiger partial charge in [0.25, 0.3) is 0 Å². The van der Waals surface area contributed by atoms with E-state index in [9.17, 15) is 17.2 Å². The summed E-state index contributed by atoms with van der Waals surface area (Å²) in [5.41, 5.74) is 0. The van der Waals surface area contributed by atoms with Crippen molar-refractivity contribution >= 4 is 21.6 Å². The van der Waals surface area contributed by atoms with Gasteiger partial charge < -0.3 is 0 Å². The number of rotatable bonds is 1. The van der Waals surface area contributed by atoms with Crippen LogP contribution in [0.3, 0.4) is 0 Å². The highest BCUT2D eigenvalue weighted by atomic mass is 35.5. The molecule has 13 heavy (non-hydrogen) atoms. The Bertz CT molecular complexity index is 446. The molecule has 0 unspecified atom stereocenters. The molecular formula is C6H4ClF2NO2S. The largest absolute Gasteiger partial charge is 0.241 e. The van der Waals surface area contributed by atoms with E-state index in [4.69, 9.17) is 11.6 Å². The van der Waals surface area contributed by atoms with E-state index in [1.807, 2.05) is 0 Å². The van der Waals surface area contributed by atoms with Crippen LogP contribution in [-0.4, -0.2) is 8.42 Å². The summed E-state index contributed by atoms with van der Waals surface area (Å²) in [7, 11) is -4.25. The van der Waals surface area contributed by atoms with Crippen LogP contribution in [0.4, 0.5) is 8.78 Å².